The Morgan fingerprint density at radius 2 is 1.97 bits per heavy atom. The lowest BCUT2D eigenvalue weighted by atomic mass is 10.0. The standard InChI is InChI=1S/C23H26N4O2/c1-16-7-4-5-9-18(16)13-23(28)27-12-11-21-19(14-27)20(25-26(21)3)15-29-22-10-6-8-17(2)24-22/h4-10H,11-15H2,1-3H3. The van der Waals surface area contributed by atoms with E-state index in [2.05, 4.69) is 10.1 Å². The van der Waals surface area contributed by atoms with Gasteiger partial charge in [-0.1, -0.05) is 30.3 Å². The summed E-state index contributed by atoms with van der Waals surface area (Å²) in [5.74, 6) is 0.744. The second-order valence-electron chi connectivity index (χ2n) is 7.57. The predicted octanol–water partition coefficient (Wildman–Crippen LogP) is 3.14. The van der Waals surface area contributed by atoms with Crippen molar-refractivity contribution in [3.63, 3.8) is 0 Å². The van der Waals surface area contributed by atoms with Gasteiger partial charge in [0.2, 0.25) is 11.8 Å². The highest BCUT2D eigenvalue weighted by Gasteiger charge is 2.27. The first-order valence-corrected chi connectivity index (χ1v) is 9.93. The van der Waals surface area contributed by atoms with Crippen molar-refractivity contribution < 1.29 is 9.53 Å². The number of aryl methyl sites for hydroxylation is 3. The fraction of sp³-hybridized carbons (Fsp3) is 0.348. The van der Waals surface area contributed by atoms with E-state index in [1.54, 1.807) is 0 Å². The first-order valence-electron chi connectivity index (χ1n) is 9.93. The first kappa shape index (κ1) is 19.2. The van der Waals surface area contributed by atoms with Crippen molar-refractivity contribution in [1.29, 1.82) is 0 Å². The number of ether oxygens (including phenoxy) is 1. The van der Waals surface area contributed by atoms with Crippen molar-refractivity contribution in [3.8, 4) is 5.88 Å². The topological polar surface area (TPSA) is 60.2 Å². The number of nitrogens with zero attached hydrogens (tertiary/aromatic N) is 4. The van der Waals surface area contributed by atoms with E-state index in [4.69, 9.17) is 4.74 Å². The summed E-state index contributed by atoms with van der Waals surface area (Å²) in [7, 11) is 1.96. The summed E-state index contributed by atoms with van der Waals surface area (Å²) in [5.41, 5.74) is 6.31. The number of rotatable bonds is 5. The van der Waals surface area contributed by atoms with Gasteiger partial charge < -0.3 is 9.64 Å². The molecule has 2 aromatic heterocycles. The highest BCUT2D eigenvalue weighted by molar-refractivity contribution is 5.79. The molecule has 0 saturated carbocycles. The number of carbonyl (C=O) groups is 1. The molecule has 1 aromatic carbocycles. The molecule has 150 valence electrons. The third-order valence-electron chi connectivity index (χ3n) is 5.50. The Hall–Kier alpha value is -3.15. The van der Waals surface area contributed by atoms with Gasteiger partial charge in [0.1, 0.15) is 12.3 Å². The predicted molar refractivity (Wildman–Crippen MR) is 111 cm³/mol. The Morgan fingerprint density at radius 1 is 1.14 bits per heavy atom. The molecule has 29 heavy (non-hydrogen) atoms. The zero-order valence-corrected chi connectivity index (χ0v) is 17.2. The van der Waals surface area contributed by atoms with E-state index in [9.17, 15) is 4.79 Å². The van der Waals surface area contributed by atoms with Crippen LogP contribution in [0, 0.1) is 13.8 Å². The molecule has 0 spiro atoms. The van der Waals surface area contributed by atoms with Crippen LogP contribution in [0.3, 0.4) is 0 Å². The summed E-state index contributed by atoms with van der Waals surface area (Å²) in [4.78, 5) is 19.2. The van der Waals surface area contributed by atoms with Crippen LogP contribution in [0.15, 0.2) is 42.5 Å². The largest absolute Gasteiger partial charge is 0.471 e. The highest BCUT2D eigenvalue weighted by atomic mass is 16.5. The monoisotopic (exact) mass is 390 g/mol. The van der Waals surface area contributed by atoms with Gasteiger partial charge in [-0.25, -0.2) is 4.98 Å². The fourth-order valence-electron chi connectivity index (χ4n) is 3.82. The maximum atomic E-state index is 12.9. The van der Waals surface area contributed by atoms with Crippen molar-refractivity contribution in [2.45, 2.75) is 39.8 Å². The minimum Gasteiger partial charge on any atom is -0.471 e. The number of carbonyl (C=O) groups excluding carboxylic acids is 1. The summed E-state index contributed by atoms with van der Waals surface area (Å²) >= 11 is 0. The van der Waals surface area contributed by atoms with Gasteiger partial charge in [-0.15, -0.1) is 0 Å². The van der Waals surface area contributed by atoms with Crippen LogP contribution in [-0.4, -0.2) is 32.1 Å². The molecule has 0 fully saturated rings. The molecule has 1 aliphatic heterocycles. The molecular weight excluding hydrogens is 364 g/mol. The molecule has 6 heteroatoms. The van der Waals surface area contributed by atoms with Gasteiger partial charge in [0.15, 0.2) is 0 Å². The van der Waals surface area contributed by atoms with E-state index in [0.29, 0.717) is 25.5 Å². The van der Waals surface area contributed by atoms with Gasteiger partial charge in [-0.3, -0.25) is 9.48 Å². The molecule has 0 aliphatic carbocycles. The van der Waals surface area contributed by atoms with Crippen LogP contribution in [0.4, 0.5) is 0 Å². The molecular formula is C23H26N4O2. The zero-order valence-electron chi connectivity index (χ0n) is 17.2. The van der Waals surface area contributed by atoms with Crippen LogP contribution >= 0.6 is 0 Å². The van der Waals surface area contributed by atoms with Crippen molar-refractivity contribution in [2.75, 3.05) is 6.54 Å². The van der Waals surface area contributed by atoms with Crippen LogP contribution in [0.2, 0.25) is 0 Å². The summed E-state index contributed by atoms with van der Waals surface area (Å²) in [6, 6.07) is 13.8. The second kappa shape index (κ2) is 8.07. The maximum Gasteiger partial charge on any atom is 0.227 e. The lowest BCUT2D eigenvalue weighted by Crippen LogP contribution is -2.37. The molecule has 0 unspecified atom stereocenters. The van der Waals surface area contributed by atoms with Gasteiger partial charge in [0.25, 0.3) is 0 Å². The van der Waals surface area contributed by atoms with E-state index in [1.165, 1.54) is 5.69 Å². The minimum atomic E-state index is 0.154. The summed E-state index contributed by atoms with van der Waals surface area (Å²) < 4.78 is 7.79. The molecule has 0 saturated heterocycles. The van der Waals surface area contributed by atoms with E-state index < -0.39 is 0 Å². The molecule has 3 heterocycles. The van der Waals surface area contributed by atoms with Gasteiger partial charge in [0, 0.05) is 49.6 Å². The zero-order chi connectivity index (χ0) is 20.4. The molecule has 0 N–H and O–H groups in total. The summed E-state index contributed by atoms with van der Waals surface area (Å²) in [5, 5.41) is 4.65. The molecule has 0 atom stereocenters. The third-order valence-corrected chi connectivity index (χ3v) is 5.50. The van der Waals surface area contributed by atoms with Crippen LogP contribution < -0.4 is 4.74 Å². The highest BCUT2D eigenvalue weighted by Crippen LogP contribution is 2.24. The Morgan fingerprint density at radius 3 is 2.76 bits per heavy atom. The Kier molecular flexibility index (Phi) is 5.34. The molecule has 0 bridgehead atoms. The summed E-state index contributed by atoms with van der Waals surface area (Å²) in [6.45, 7) is 5.63. The van der Waals surface area contributed by atoms with Gasteiger partial charge in [-0.05, 0) is 31.0 Å². The van der Waals surface area contributed by atoms with Gasteiger partial charge in [-0.2, -0.15) is 5.10 Å². The maximum absolute atomic E-state index is 12.9. The van der Waals surface area contributed by atoms with Crippen LogP contribution in [0.5, 0.6) is 5.88 Å². The number of hydrogen-bond donors (Lipinski definition) is 0. The molecule has 1 aliphatic rings. The first-order chi connectivity index (χ1) is 14.0. The van der Waals surface area contributed by atoms with Crippen molar-refractivity contribution in [1.82, 2.24) is 19.7 Å². The number of hydrogen-bond acceptors (Lipinski definition) is 4. The van der Waals surface area contributed by atoms with E-state index >= 15 is 0 Å². The normalized spacial score (nSPS) is 13.3. The second-order valence-corrected chi connectivity index (χ2v) is 7.57. The number of benzene rings is 1. The van der Waals surface area contributed by atoms with Crippen LogP contribution in [0.1, 0.15) is 33.8 Å². The average molecular weight is 390 g/mol. The number of amides is 1. The van der Waals surface area contributed by atoms with Crippen molar-refractivity contribution in [2.24, 2.45) is 7.05 Å². The Bertz CT molecular complexity index is 1040. The lowest BCUT2D eigenvalue weighted by molar-refractivity contribution is -0.131. The smallest absolute Gasteiger partial charge is 0.227 e. The SMILES string of the molecule is Cc1cccc(OCc2nn(C)c3c2CN(C(=O)Cc2ccccc2C)CC3)n1. The van der Waals surface area contributed by atoms with Crippen LogP contribution in [0.25, 0.3) is 0 Å². The molecule has 1 amide bonds. The lowest BCUT2D eigenvalue weighted by Gasteiger charge is -2.28. The fourth-order valence-corrected chi connectivity index (χ4v) is 3.82. The minimum absolute atomic E-state index is 0.154. The molecule has 3 aromatic rings. The average Bonchev–Trinajstić information content (AvgIpc) is 3.03. The number of pyridine rings is 1. The Labute approximate surface area is 171 Å². The van der Waals surface area contributed by atoms with E-state index in [0.717, 1.165) is 41.0 Å². The van der Waals surface area contributed by atoms with Gasteiger partial charge in [0.05, 0.1) is 6.42 Å². The van der Waals surface area contributed by atoms with Gasteiger partial charge >= 0.3 is 0 Å². The molecule has 4 rings (SSSR count). The number of aromatic nitrogens is 3. The quantitative estimate of drug-likeness (QED) is 0.672. The molecule has 0 radical (unpaired) electrons. The van der Waals surface area contributed by atoms with Crippen LogP contribution in [-0.2, 0) is 37.8 Å². The van der Waals surface area contributed by atoms with E-state index in [1.807, 2.05) is 72.9 Å². The third kappa shape index (κ3) is 4.16. The van der Waals surface area contributed by atoms with Crippen molar-refractivity contribution >= 4 is 5.91 Å². The number of fused-ring (bicyclic) bond motifs is 1. The Balaban J connectivity index is 1.48. The van der Waals surface area contributed by atoms with E-state index in [-0.39, 0.29) is 5.91 Å². The van der Waals surface area contributed by atoms with Crippen molar-refractivity contribution in [3.05, 3.63) is 76.2 Å². The summed E-state index contributed by atoms with van der Waals surface area (Å²) in [6.07, 6.45) is 1.24. The molecule has 6 nitrogen and oxygen atoms in total.